The highest BCUT2D eigenvalue weighted by atomic mass is 32.2. The lowest BCUT2D eigenvalue weighted by molar-refractivity contribution is -0.291. The van der Waals surface area contributed by atoms with Crippen LogP contribution in [0.2, 0.25) is 0 Å². The van der Waals surface area contributed by atoms with Crippen LogP contribution in [0.5, 0.6) is 0 Å². The molecule has 0 bridgehead atoms. The first kappa shape index (κ1) is 26.1. The molecule has 3 heterocycles. The van der Waals surface area contributed by atoms with E-state index in [1.807, 2.05) is 24.3 Å². The Balaban J connectivity index is 1.63. The molecule has 1 fully saturated rings. The number of fused-ring (bicyclic) bond motifs is 1. The van der Waals surface area contributed by atoms with E-state index < -0.39 is 27.6 Å². The van der Waals surface area contributed by atoms with Gasteiger partial charge in [0, 0.05) is 18.8 Å². The van der Waals surface area contributed by atoms with Gasteiger partial charge in [0.25, 0.3) is 0 Å². The molecule has 0 aliphatic heterocycles. The SMILES string of the molecule is CCS(=O)(=O)c1cc(-c2ccc(C3(C)CC3)cc2)cnc1-c1nc2cc(C(F)(F)C(F)(F)F)nnc2n1C. The van der Waals surface area contributed by atoms with E-state index in [1.165, 1.54) is 36.4 Å². The largest absolute Gasteiger partial charge is 0.459 e. The number of aromatic nitrogens is 5. The van der Waals surface area contributed by atoms with E-state index in [-0.39, 0.29) is 38.7 Å². The van der Waals surface area contributed by atoms with Crippen molar-refractivity contribution < 1.29 is 30.4 Å². The topological polar surface area (TPSA) is 90.6 Å². The summed E-state index contributed by atoms with van der Waals surface area (Å²) in [7, 11) is -2.44. The second-order valence-corrected chi connectivity index (χ2v) is 11.9. The van der Waals surface area contributed by atoms with Gasteiger partial charge in [-0.2, -0.15) is 22.0 Å². The molecule has 0 unspecified atom stereocenters. The van der Waals surface area contributed by atoms with Crippen molar-refractivity contribution in [1.29, 1.82) is 0 Å². The monoisotopic (exact) mass is 551 g/mol. The molecule has 0 amide bonds. The van der Waals surface area contributed by atoms with Crippen molar-refractivity contribution in [2.75, 3.05) is 5.75 Å². The highest BCUT2D eigenvalue weighted by molar-refractivity contribution is 7.91. The number of hydrogen-bond acceptors (Lipinski definition) is 6. The number of aryl methyl sites for hydroxylation is 1. The molecule has 0 saturated heterocycles. The molecule has 0 atom stereocenters. The van der Waals surface area contributed by atoms with Crippen LogP contribution < -0.4 is 0 Å². The van der Waals surface area contributed by atoms with E-state index in [9.17, 15) is 30.4 Å². The number of sulfone groups is 1. The maximum absolute atomic E-state index is 13.8. The molecule has 0 spiro atoms. The summed E-state index contributed by atoms with van der Waals surface area (Å²) in [5.74, 6) is -5.57. The molecule has 38 heavy (non-hydrogen) atoms. The normalized spacial score (nSPS) is 15.7. The first-order valence-corrected chi connectivity index (χ1v) is 13.3. The number of alkyl halides is 5. The van der Waals surface area contributed by atoms with Crippen molar-refractivity contribution in [3.05, 3.63) is 53.9 Å². The van der Waals surface area contributed by atoms with Crippen LogP contribution in [0, 0.1) is 0 Å². The second kappa shape index (κ2) is 8.52. The van der Waals surface area contributed by atoms with Crippen LogP contribution >= 0.6 is 0 Å². The summed E-state index contributed by atoms with van der Waals surface area (Å²) < 4.78 is 93.5. The maximum Gasteiger partial charge on any atom is 0.459 e. The van der Waals surface area contributed by atoms with Gasteiger partial charge in [-0.1, -0.05) is 38.1 Å². The van der Waals surface area contributed by atoms with Crippen molar-refractivity contribution in [3.8, 4) is 22.6 Å². The molecular formula is C25H22F5N5O2S. The predicted octanol–water partition coefficient (Wildman–Crippen LogP) is 5.59. The standard InChI is InChI=1S/C25H22F5N5O2S/c1-4-38(36,37)18-11-15(14-5-7-16(8-6-14)23(2)9-10-23)13-31-20(18)22-32-17-12-19(24(26,27)25(28,29)30)33-34-21(17)35(22)3/h5-8,11-13H,4,9-10H2,1-3H3. The number of rotatable bonds is 6. The van der Waals surface area contributed by atoms with Crippen molar-refractivity contribution in [2.45, 2.75) is 49.1 Å². The minimum Gasteiger partial charge on any atom is -0.309 e. The number of hydrogen-bond donors (Lipinski definition) is 0. The molecule has 5 rings (SSSR count). The predicted molar refractivity (Wildman–Crippen MR) is 129 cm³/mol. The van der Waals surface area contributed by atoms with Gasteiger partial charge >= 0.3 is 12.1 Å². The highest BCUT2D eigenvalue weighted by Crippen LogP contribution is 2.48. The molecule has 0 N–H and O–H groups in total. The summed E-state index contributed by atoms with van der Waals surface area (Å²) >= 11 is 0. The zero-order chi connectivity index (χ0) is 27.7. The molecule has 1 aliphatic rings. The average Bonchev–Trinajstić information content (AvgIpc) is 3.55. The number of halogens is 5. The van der Waals surface area contributed by atoms with E-state index >= 15 is 0 Å². The Morgan fingerprint density at radius 2 is 1.66 bits per heavy atom. The third-order valence-corrected chi connectivity index (χ3v) is 8.73. The van der Waals surface area contributed by atoms with Crippen molar-refractivity contribution in [3.63, 3.8) is 0 Å². The lowest BCUT2D eigenvalue weighted by Gasteiger charge is -2.17. The summed E-state index contributed by atoms with van der Waals surface area (Å²) in [6, 6.07) is 9.74. The molecule has 1 aliphatic carbocycles. The number of pyridine rings is 1. The Kier molecular flexibility index (Phi) is 5.86. The van der Waals surface area contributed by atoms with Gasteiger partial charge in [0.1, 0.15) is 16.9 Å². The summed E-state index contributed by atoms with van der Waals surface area (Å²) in [6.45, 7) is 3.64. The maximum atomic E-state index is 13.8. The zero-order valence-electron chi connectivity index (χ0n) is 20.5. The zero-order valence-corrected chi connectivity index (χ0v) is 21.3. The first-order chi connectivity index (χ1) is 17.7. The van der Waals surface area contributed by atoms with E-state index in [0.29, 0.717) is 11.6 Å². The van der Waals surface area contributed by atoms with Gasteiger partial charge in [0.05, 0.1) is 10.6 Å². The quantitative estimate of drug-likeness (QED) is 0.290. The van der Waals surface area contributed by atoms with Crippen molar-refractivity contribution in [2.24, 2.45) is 7.05 Å². The molecule has 13 heteroatoms. The molecule has 1 saturated carbocycles. The molecule has 1 aromatic carbocycles. The summed E-state index contributed by atoms with van der Waals surface area (Å²) in [5, 5.41) is 6.57. The second-order valence-electron chi connectivity index (χ2n) is 9.62. The van der Waals surface area contributed by atoms with E-state index in [4.69, 9.17) is 0 Å². The van der Waals surface area contributed by atoms with Crippen LogP contribution in [0.15, 0.2) is 47.5 Å². The Hall–Kier alpha value is -3.48. The smallest absolute Gasteiger partial charge is 0.309 e. The Bertz CT molecular complexity index is 1660. The highest BCUT2D eigenvalue weighted by Gasteiger charge is 2.60. The molecule has 3 aromatic heterocycles. The van der Waals surface area contributed by atoms with Gasteiger partial charge in [-0.15, -0.1) is 10.2 Å². The van der Waals surface area contributed by atoms with Crippen LogP contribution in [0.4, 0.5) is 22.0 Å². The average molecular weight is 552 g/mol. The van der Waals surface area contributed by atoms with Crippen molar-refractivity contribution in [1.82, 2.24) is 24.7 Å². The van der Waals surface area contributed by atoms with Crippen LogP contribution in [0.1, 0.15) is 37.9 Å². The number of nitrogens with zero attached hydrogens (tertiary/aromatic N) is 5. The fraction of sp³-hybridized carbons (Fsp3) is 0.360. The third kappa shape index (κ3) is 4.22. The van der Waals surface area contributed by atoms with E-state index in [0.717, 1.165) is 18.4 Å². The van der Waals surface area contributed by atoms with Gasteiger partial charge in [-0.05, 0) is 41.5 Å². The van der Waals surface area contributed by atoms with E-state index in [2.05, 4.69) is 27.1 Å². The lowest BCUT2D eigenvalue weighted by Crippen LogP contribution is -2.34. The fourth-order valence-corrected chi connectivity index (χ4v) is 5.26. The third-order valence-electron chi connectivity index (χ3n) is 6.99. The minimum absolute atomic E-state index is 0.0719. The Morgan fingerprint density at radius 3 is 2.24 bits per heavy atom. The molecule has 0 radical (unpaired) electrons. The number of imidazole rings is 1. The van der Waals surface area contributed by atoms with Gasteiger partial charge < -0.3 is 4.57 Å². The van der Waals surface area contributed by atoms with Crippen LogP contribution in [-0.4, -0.2) is 45.1 Å². The Labute approximate surface area is 214 Å². The van der Waals surface area contributed by atoms with Gasteiger partial charge in [-0.3, -0.25) is 4.98 Å². The number of benzene rings is 1. The van der Waals surface area contributed by atoms with Gasteiger partial charge in [-0.25, -0.2) is 13.4 Å². The lowest BCUT2D eigenvalue weighted by atomic mass is 9.96. The van der Waals surface area contributed by atoms with E-state index in [1.54, 1.807) is 0 Å². The molecular weight excluding hydrogens is 529 g/mol. The molecule has 4 aromatic rings. The summed E-state index contributed by atoms with van der Waals surface area (Å²) in [5.41, 5.74) is 0.534. The first-order valence-electron chi connectivity index (χ1n) is 11.7. The summed E-state index contributed by atoms with van der Waals surface area (Å²) in [6.07, 6.45) is -2.19. The van der Waals surface area contributed by atoms with Gasteiger partial charge in [0.2, 0.25) is 0 Å². The minimum atomic E-state index is -5.87. The molecule has 7 nitrogen and oxygen atoms in total. The van der Waals surface area contributed by atoms with Crippen LogP contribution in [0.25, 0.3) is 33.8 Å². The van der Waals surface area contributed by atoms with Crippen molar-refractivity contribution >= 4 is 21.0 Å². The Morgan fingerprint density at radius 1 is 1.00 bits per heavy atom. The molecule has 200 valence electrons. The summed E-state index contributed by atoms with van der Waals surface area (Å²) in [4.78, 5) is 8.33. The van der Waals surface area contributed by atoms with Crippen LogP contribution in [0.3, 0.4) is 0 Å². The van der Waals surface area contributed by atoms with Crippen LogP contribution in [-0.2, 0) is 28.2 Å². The van der Waals surface area contributed by atoms with Gasteiger partial charge in [0.15, 0.2) is 21.3 Å². The fourth-order valence-electron chi connectivity index (χ4n) is 4.20.